The van der Waals surface area contributed by atoms with Crippen molar-refractivity contribution in [1.29, 1.82) is 0 Å². The topological polar surface area (TPSA) is 0 Å². The third kappa shape index (κ3) is 1.63. The lowest BCUT2D eigenvalue weighted by molar-refractivity contribution is 1.48. The highest BCUT2D eigenvalue weighted by Crippen LogP contribution is 2.33. The molecule has 0 bridgehead atoms. The van der Waals surface area contributed by atoms with Crippen LogP contribution in [0.5, 0.6) is 0 Å². The lowest BCUT2D eigenvalue weighted by Crippen LogP contribution is -1.72. The summed E-state index contributed by atoms with van der Waals surface area (Å²) in [6, 6.07) is 19.5. The minimum absolute atomic E-state index is 1.31. The highest BCUT2D eigenvalue weighted by atomic mass is 32.1. The first kappa shape index (κ1) is 9.61. The van der Waals surface area contributed by atoms with Crippen molar-refractivity contribution >= 4 is 21.4 Å². The van der Waals surface area contributed by atoms with Gasteiger partial charge >= 0.3 is 0 Å². The van der Waals surface area contributed by atoms with Gasteiger partial charge in [-0.3, -0.25) is 0 Å². The van der Waals surface area contributed by atoms with Gasteiger partial charge in [-0.1, -0.05) is 48.0 Å². The molecular formula is C15H12S. The van der Waals surface area contributed by atoms with Crippen molar-refractivity contribution in [3.05, 3.63) is 60.2 Å². The molecule has 1 aromatic heterocycles. The fraction of sp³-hybridized carbons (Fsp3) is 0.0667. The molecule has 16 heavy (non-hydrogen) atoms. The van der Waals surface area contributed by atoms with Crippen LogP contribution in [-0.2, 0) is 0 Å². The zero-order chi connectivity index (χ0) is 11.0. The number of rotatable bonds is 1. The van der Waals surface area contributed by atoms with Crippen LogP contribution in [0.4, 0.5) is 0 Å². The Labute approximate surface area is 99.2 Å². The summed E-state index contributed by atoms with van der Waals surface area (Å²) in [7, 11) is 0. The smallest absolute Gasteiger partial charge is 0.0355 e. The number of fused-ring (bicyclic) bond motifs is 1. The van der Waals surface area contributed by atoms with Gasteiger partial charge in [-0.2, -0.15) is 0 Å². The largest absolute Gasteiger partial charge is 0.135 e. The van der Waals surface area contributed by atoms with E-state index in [1.54, 1.807) is 0 Å². The SMILES string of the molecule is Cc1ccc(-c2cc3ccccc3s2)cc1. The van der Waals surface area contributed by atoms with Crippen molar-refractivity contribution in [3.63, 3.8) is 0 Å². The van der Waals surface area contributed by atoms with Gasteiger partial charge in [-0.15, -0.1) is 11.3 Å². The van der Waals surface area contributed by atoms with Gasteiger partial charge in [-0.25, -0.2) is 0 Å². The molecule has 0 atom stereocenters. The van der Waals surface area contributed by atoms with Crippen LogP contribution in [0.15, 0.2) is 54.6 Å². The van der Waals surface area contributed by atoms with Crippen molar-refractivity contribution in [1.82, 2.24) is 0 Å². The van der Waals surface area contributed by atoms with Gasteiger partial charge in [0.25, 0.3) is 0 Å². The van der Waals surface area contributed by atoms with E-state index in [4.69, 9.17) is 0 Å². The Morgan fingerprint density at radius 1 is 0.875 bits per heavy atom. The number of hydrogen-bond acceptors (Lipinski definition) is 1. The summed E-state index contributed by atoms with van der Waals surface area (Å²) in [6.07, 6.45) is 0. The van der Waals surface area contributed by atoms with Crippen LogP contribution >= 0.6 is 11.3 Å². The zero-order valence-electron chi connectivity index (χ0n) is 9.10. The van der Waals surface area contributed by atoms with E-state index in [0.29, 0.717) is 0 Å². The molecule has 0 aliphatic rings. The van der Waals surface area contributed by atoms with E-state index in [0.717, 1.165) is 0 Å². The van der Waals surface area contributed by atoms with E-state index in [9.17, 15) is 0 Å². The Bertz CT molecular complexity index is 584. The molecule has 0 aliphatic heterocycles. The number of hydrogen-bond donors (Lipinski definition) is 0. The second kappa shape index (κ2) is 3.76. The van der Waals surface area contributed by atoms with E-state index >= 15 is 0 Å². The van der Waals surface area contributed by atoms with E-state index in [2.05, 4.69) is 61.5 Å². The Balaban J connectivity index is 2.15. The highest BCUT2D eigenvalue weighted by molar-refractivity contribution is 7.22. The summed E-state index contributed by atoms with van der Waals surface area (Å²) in [6.45, 7) is 2.12. The Kier molecular flexibility index (Phi) is 2.26. The Morgan fingerprint density at radius 2 is 1.62 bits per heavy atom. The summed E-state index contributed by atoms with van der Waals surface area (Å²) in [5.74, 6) is 0. The average Bonchev–Trinajstić information content (AvgIpc) is 2.73. The predicted molar refractivity (Wildman–Crippen MR) is 72.0 cm³/mol. The lowest BCUT2D eigenvalue weighted by Gasteiger charge is -1.96. The van der Waals surface area contributed by atoms with Crippen molar-refractivity contribution in [3.8, 4) is 10.4 Å². The minimum Gasteiger partial charge on any atom is -0.135 e. The summed E-state index contributed by atoms with van der Waals surface area (Å²) in [5, 5.41) is 1.34. The Morgan fingerprint density at radius 3 is 2.38 bits per heavy atom. The molecule has 0 amide bonds. The molecule has 0 aliphatic carbocycles. The molecule has 0 fully saturated rings. The van der Waals surface area contributed by atoms with Crippen LogP contribution in [0.25, 0.3) is 20.5 Å². The fourth-order valence-electron chi connectivity index (χ4n) is 1.84. The van der Waals surface area contributed by atoms with Gasteiger partial charge in [0.1, 0.15) is 0 Å². The summed E-state index contributed by atoms with van der Waals surface area (Å²) in [5.41, 5.74) is 2.62. The molecule has 0 nitrogen and oxygen atoms in total. The second-order valence-corrected chi connectivity index (χ2v) is 5.10. The predicted octanol–water partition coefficient (Wildman–Crippen LogP) is 4.88. The molecule has 3 aromatic rings. The molecule has 0 spiro atoms. The molecule has 0 N–H and O–H groups in total. The quantitative estimate of drug-likeness (QED) is 0.553. The monoisotopic (exact) mass is 224 g/mol. The van der Waals surface area contributed by atoms with Crippen LogP contribution in [0.2, 0.25) is 0 Å². The molecule has 78 valence electrons. The van der Waals surface area contributed by atoms with Crippen molar-refractivity contribution in [2.24, 2.45) is 0 Å². The molecule has 1 heteroatoms. The van der Waals surface area contributed by atoms with Gasteiger partial charge in [0.05, 0.1) is 0 Å². The first-order valence-corrected chi connectivity index (χ1v) is 6.20. The molecular weight excluding hydrogens is 212 g/mol. The standard InChI is InChI=1S/C15H12S/c1-11-6-8-12(9-7-11)15-10-13-4-2-3-5-14(13)16-15/h2-10H,1H3. The molecule has 0 saturated carbocycles. The molecule has 1 heterocycles. The van der Waals surface area contributed by atoms with Crippen LogP contribution in [0.1, 0.15) is 5.56 Å². The van der Waals surface area contributed by atoms with E-state index in [-0.39, 0.29) is 0 Å². The first-order chi connectivity index (χ1) is 7.83. The number of thiophene rings is 1. The third-order valence-corrected chi connectivity index (χ3v) is 3.93. The maximum Gasteiger partial charge on any atom is 0.0355 e. The molecule has 0 radical (unpaired) electrons. The lowest BCUT2D eigenvalue weighted by atomic mass is 10.1. The zero-order valence-corrected chi connectivity index (χ0v) is 9.92. The number of benzene rings is 2. The third-order valence-electron chi connectivity index (χ3n) is 2.76. The fourth-order valence-corrected chi connectivity index (χ4v) is 2.91. The van der Waals surface area contributed by atoms with Gasteiger partial charge in [0.15, 0.2) is 0 Å². The van der Waals surface area contributed by atoms with Crippen LogP contribution in [0.3, 0.4) is 0 Å². The second-order valence-electron chi connectivity index (χ2n) is 4.01. The molecule has 0 unspecified atom stereocenters. The maximum absolute atomic E-state index is 2.27. The summed E-state index contributed by atoms with van der Waals surface area (Å²) < 4.78 is 1.36. The van der Waals surface area contributed by atoms with Crippen LogP contribution in [-0.4, -0.2) is 0 Å². The van der Waals surface area contributed by atoms with Crippen molar-refractivity contribution < 1.29 is 0 Å². The van der Waals surface area contributed by atoms with E-state index < -0.39 is 0 Å². The molecule has 2 aromatic carbocycles. The van der Waals surface area contributed by atoms with E-state index in [1.165, 1.54) is 26.1 Å². The maximum atomic E-state index is 2.27. The average molecular weight is 224 g/mol. The van der Waals surface area contributed by atoms with E-state index in [1.807, 2.05) is 11.3 Å². The summed E-state index contributed by atoms with van der Waals surface area (Å²) in [4.78, 5) is 1.35. The van der Waals surface area contributed by atoms with Crippen molar-refractivity contribution in [2.75, 3.05) is 0 Å². The van der Waals surface area contributed by atoms with Gasteiger partial charge < -0.3 is 0 Å². The normalized spacial score (nSPS) is 10.8. The first-order valence-electron chi connectivity index (χ1n) is 5.38. The van der Waals surface area contributed by atoms with Crippen LogP contribution in [0, 0.1) is 6.92 Å². The van der Waals surface area contributed by atoms with Gasteiger partial charge in [0, 0.05) is 9.58 Å². The molecule has 0 saturated heterocycles. The van der Waals surface area contributed by atoms with Crippen LogP contribution < -0.4 is 0 Å². The number of aryl methyl sites for hydroxylation is 1. The van der Waals surface area contributed by atoms with Gasteiger partial charge in [0.2, 0.25) is 0 Å². The molecule has 3 rings (SSSR count). The summed E-state index contributed by atoms with van der Waals surface area (Å²) >= 11 is 1.86. The Hall–Kier alpha value is -1.60. The van der Waals surface area contributed by atoms with Crippen molar-refractivity contribution in [2.45, 2.75) is 6.92 Å². The highest BCUT2D eigenvalue weighted by Gasteiger charge is 2.02. The van der Waals surface area contributed by atoms with Gasteiger partial charge in [-0.05, 0) is 30.0 Å². The minimum atomic E-state index is 1.31.